The first-order valence-corrected chi connectivity index (χ1v) is 8.10. The van der Waals surface area contributed by atoms with Crippen LogP contribution in [-0.2, 0) is 16.0 Å². The number of fused-ring (bicyclic) bond motifs is 1. The van der Waals surface area contributed by atoms with Crippen molar-refractivity contribution in [3.05, 3.63) is 27.6 Å². The molecule has 5 nitrogen and oxygen atoms in total. The molecule has 2 rings (SSSR count). The van der Waals surface area contributed by atoms with Gasteiger partial charge in [0.15, 0.2) is 0 Å². The van der Waals surface area contributed by atoms with Gasteiger partial charge in [0.05, 0.1) is 18.3 Å². The van der Waals surface area contributed by atoms with Gasteiger partial charge in [-0.3, -0.25) is 9.36 Å². The van der Waals surface area contributed by atoms with E-state index >= 15 is 0 Å². The van der Waals surface area contributed by atoms with E-state index in [2.05, 4.69) is 4.98 Å². The summed E-state index contributed by atoms with van der Waals surface area (Å²) in [6, 6.07) is 1.27. The van der Waals surface area contributed by atoms with Crippen LogP contribution in [0.2, 0.25) is 0 Å². The van der Waals surface area contributed by atoms with Gasteiger partial charge in [-0.2, -0.15) is 0 Å². The van der Waals surface area contributed by atoms with Gasteiger partial charge in [-0.15, -0.1) is 11.3 Å². The maximum Gasteiger partial charge on any atom is 0.329 e. The van der Waals surface area contributed by atoms with Crippen LogP contribution in [0.5, 0.6) is 0 Å². The smallest absolute Gasteiger partial charge is 0.329 e. The lowest BCUT2D eigenvalue weighted by atomic mass is 10.2. The topological polar surface area (TPSA) is 61.2 Å². The molecule has 0 N–H and O–H groups in total. The van der Waals surface area contributed by atoms with Gasteiger partial charge in [0.25, 0.3) is 5.56 Å². The Hall–Kier alpha value is -1.69. The van der Waals surface area contributed by atoms with Crippen LogP contribution in [0.1, 0.15) is 44.5 Å². The van der Waals surface area contributed by atoms with Crippen LogP contribution < -0.4 is 5.56 Å². The van der Waals surface area contributed by atoms with Crippen molar-refractivity contribution in [1.82, 2.24) is 9.55 Å². The van der Waals surface area contributed by atoms with E-state index in [0.717, 1.165) is 22.5 Å². The van der Waals surface area contributed by atoms with Crippen LogP contribution in [-0.4, -0.2) is 22.1 Å². The van der Waals surface area contributed by atoms with Crippen molar-refractivity contribution in [3.8, 4) is 0 Å². The molecule has 0 unspecified atom stereocenters. The van der Waals surface area contributed by atoms with Gasteiger partial charge < -0.3 is 4.74 Å². The number of carbonyl (C=O) groups is 1. The van der Waals surface area contributed by atoms with Gasteiger partial charge in [-0.1, -0.05) is 20.8 Å². The van der Waals surface area contributed by atoms with Crippen LogP contribution in [0.3, 0.4) is 0 Å². The van der Waals surface area contributed by atoms with E-state index in [-0.39, 0.29) is 11.5 Å². The quantitative estimate of drug-likeness (QED) is 0.770. The maximum atomic E-state index is 12.6. The number of aromatic nitrogens is 2. The number of thiophene rings is 1. The molecule has 0 fully saturated rings. The predicted octanol–water partition coefficient (Wildman–Crippen LogP) is 2.92. The summed E-state index contributed by atoms with van der Waals surface area (Å²) in [6.07, 6.45) is 3.59. The summed E-state index contributed by atoms with van der Waals surface area (Å²) in [6.45, 7) is 6.21. The van der Waals surface area contributed by atoms with Gasteiger partial charge in [0, 0.05) is 4.88 Å². The van der Waals surface area contributed by atoms with Crippen molar-refractivity contribution in [1.29, 1.82) is 0 Å². The number of nitrogens with zero attached hydrogens (tertiary/aromatic N) is 2. The summed E-state index contributed by atoms with van der Waals surface area (Å²) in [7, 11) is 0. The van der Waals surface area contributed by atoms with Crippen molar-refractivity contribution in [3.63, 3.8) is 0 Å². The monoisotopic (exact) mass is 308 g/mol. The van der Waals surface area contributed by atoms with E-state index in [0.29, 0.717) is 18.4 Å². The molecular weight excluding hydrogens is 288 g/mol. The lowest BCUT2D eigenvalue weighted by Crippen LogP contribution is -2.31. The fourth-order valence-corrected chi connectivity index (χ4v) is 3.08. The minimum atomic E-state index is -0.606. The van der Waals surface area contributed by atoms with E-state index in [1.54, 1.807) is 0 Å². The Bertz CT molecular complexity index is 690. The fraction of sp³-hybridized carbons (Fsp3) is 0.533. The first-order valence-electron chi connectivity index (χ1n) is 7.28. The largest absolute Gasteiger partial charge is 0.464 e. The highest BCUT2D eigenvalue weighted by Gasteiger charge is 2.22. The highest BCUT2D eigenvalue weighted by atomic mass is 32.1. The van der Waals surface area contributed by atoms with Crippen LogP contribution in [0, 0.1) is 0 Å². The SMILES string of the molecule is CCCOC(=O)[C@H](CC)n1cnc2sc(CC)cc2c1=O. The summed E-state index contributed by atoms with van der Waals surface area (Å²) in [4.78, 5) is 30.8. The molecule has 2 aromatic rings. The van der Waals surface area contributed by atoms with Crippen LogP contribution in [0.25, 0.3) is 10.2 Å². The second kappa shape index (κ2) is 6.85. The number of ether oxygens (including phenoxy) is 1. The van der Waals surface area contributed by atoms with Gasteiger partial charge in [-0.05, 0) is 25.3 Å². The van der Waals surface area contributed by atoms with Crippen LogP contribution in [0.4, 0.5) is 0 Å². The van der Waals surface area contributed by atoms with Crippen molar-refractivity contribution < 1.29 is 9.53 Å². The summed E-state index contributed by atoms with van der Waals surface area (Å²) in [5.74, 6) is -0.367. The second-order valence-electron chi connectivity index (χ2n) is 4.83. The average Bonchev–Trinajstić information content (AvgIpc) is 2.92. The van der Waals surface area contributed by atoms with Gasteiger partial charge in [0.1, 0.15) is 10.9 Å². The van der Waals surface area contributed by atoms with E-state index in [4.69, 9.17) is 4.74 Å². The standard InChI is InChI=1S/C15H20N2O3S/c1-4-7-20-15(19)12(6-3)17-9-16-13-11(14(17)18)8-10(5-2)21-13/h8-9,12H,4-7H2,1-3H3/t12-/m0/s1. The Labute approximate surface area is 127 Å². The number of esters is 1. The Morgan fingerprint density at radius 2 is 2.19 bits per heavy atom. The lowest BCUT2D eigenvalue weighted by Gasteiger charge is -2.16. The van der Waals surface area contributed by atoms with Crippen molar-refractivity contribution in [2.75, 3.05) is 6.61 Å². The Morgan fingerprint density at radius 3 is 2.81 bits per heavy atom. The number of hydrogen-bond donors (Lipinski definition) is 0. The third-order valence-electron chi connectivity index (χ3n) is 3.32. The molecule has 0 aliphatic rings. The molecule has 0 bridgehead atoms. The number of hydrogen-bond acceptors (Lipinski definition) is 5. The molecule has 21 heavy (non-hydrogen) atoms. The summed E-state index contributed by atoms with van der Waals surface area (Å²) in [5, 5.41) is 0.584. The molecular formula is C15H20N2O3S. The van der Waals surface area contributed by atoms with Crippen molar-refractivity contribution >= 4 is 27.5 Å². The molecule has 2 heterocycles. The highest BCUT2D eigenvalue weighted by molar-refractivity contribution is 7.18. The molecule has 2 aromatic heterocycles. The summed E-state index contributed by atoms with van der Waals surface area (Å²) < 4.78 is 6.56. The Morgan fingerprint density at radius 1 is 1.43 bits per heavy atom. The van der Waals surface area contributed by atoms with E-state index in [1.807, 2.05) is 26.8 Å². The molecule has 0 amide bonds. The summed E-state index contributed by atoms with van der Waals surface area (Å²) >= 11 is 1.52. The fourth-order valence-electron chi connectivity index (χ4n) is 2.16. The highest BCUT2D eigenvalue weighted by Crippen LogP contribution is 2.22. The Kier molecular flexibility index (Phi) is 5.12. The Balaban J connectivity index is 2.42. The third-order valence-corrected chi connectivity index (χ3v) is 4.51. The van der Waals surface area contributed by atoms with Crippen molar-refractivity contribution in [2.24, 2.45) is 0 Å². The molecule has 0 radical (unpaired) electrons. The summed E-state index contributed by atoms with van der Waals surface area (Å²) in [5.41, 5.74) is -0.170. The van der Waals surface area contributed by atoms with Gasteiger partial charge in [-0.25, -0.2) is 9.78 Å². The number of rotatable bonds is 6. The average molecular weight is 308 g/mol. The zero-order valence-electron chi connectivity index (χ0n) is 12.6. The van der Waals surface area contributed by atoms with E-state index < -0.39 is 6.04 Å². The molecule has 0 spiro atoms. The van der Waals surface area contributed by atoms with Crippen LogP contribution >= 0.6 is 11.3 Å². The number of carbonyl (C=O) groups excluding carboxylic acids is 1. The minimum absolute atomic E-state index is 0.170. The number of aryl methyl sites for hydroxylation is 1. The first kappa shape index (κ1) is 15.7. The lowest BCUT2D eigenvalue weighted by molar-refractivity contribution is -0.147. The van der Waals surface area contributed by atoms with Crippen molar-refractivity contribution in [2.45, 2.75) is 46.1 Å². The van der Waals surface area contributed by atoms with Crippen LogP contribution in [0.15, 0.2) is 17.2 Å². The third kappa shape index (κ3) is 3.15. The molecule has 0 saturated heterocycles. The normalized spacial score (nSPS) is 12.5. The molecule has 0 aliphatic carbocycles. The van der Waals surface area contributed by atoms with E-state index in [1.165, 1.54) is 22.2 Å². The maximum absolute atomic E-state index is 12.6. The predicted molar refractivity (Wildman–Crippen MR) is 83.8 cm³/mol. The zero-order valence-corrected chi connectivity index (χ0v) is 13.4. The first-order chi connectivity index (χ1) is 10.1. The molecule has 6 heteroatoms. The molecule has 1 atom stereocenters. The second-order valence-corrected chi connectivity index (χ2v) is 5.95. The minimum Gasteiger partial charge on any atom is -0.464 e. The zero-order chi connectivity index (χ0) is 15.4. The molecule has 0 aromatic carbocycles. The molecule has 0 aliphatic heterocycles. The van der Waals surface area contributed by atoms with Gasteiger partial charge in [0.2, 0.25) is 0 Å². The van der Waals surface area contributed by atoms with Gasteiger partial charge >= 0.3 is 5.97 Å². The molecule has 114 valence electrons. The van der Waals surface area contributed by atoms with E-state index in [9.17, 15) is 9.59 Å². The molecule has 0 saturated carbocycles.